The van der Waals surface area contributed by atoms with E-state index >= 15 is 0 Å². The largest absolute Gasteiger partial charge is 0.466 e. The molecule has 3 heterocycles. The summed E-state index contributed by atoms with van der Waals surface area (Å²) in [6.45, 7) is 12.2. The predicted molar refractivity (Wildman–Crippen MR) is 123 cm³/mol. The van der Waals surface area contributed by atoms with Gasteiger partial charge in [0.05, 0.1) is 30.8 Å². The van der Waals surface area contributed by atoms with Gasteiger partial charge in [-0.1, -0.05) is 32.8 Å². The number of nitrogens with zero attached hydrogens (tertiary/aromatic N) is 2. The Kier molecular flexibility index (Phi) is 7.89. The lowest BCUT2D eigenvalue weighted by atomic mass is 9.65. The number of esters is 1. The van der Waals surface area contributed by atoms with Gasteiger partial charge in [0.15, 0.2) is 0 Å². The molecule has 1 spiro atoms. The number of likely N-dealkylation sites (tertiary alicyclic amines) is 1. The topological polar surface area (TPSA) is 96.4 Å². The highest BCUT2D eigenvalue weighted by molar-refractivity contribution is 5.98. The molecule has 0 aromatic rings. The second-order valence-electron chi connectivity index (χ2n) is 9.64. The molecular formula is C25H40N2O6. The highest BCUT2D eigenvalue weighted by Gasteiger charge is 2.79. The number of carbonyl (C=O) groups is 3. The number of unbranched alkanes of at least 4 members (excludes halogenated alkanes) is 2. The number of carbonyl (C=O) groups excluding carboxylic acids is 3. The molecule has 3 rings (SSSR count). The first-order chi connectivity index (χ1) is 15.8. The highest BCUT2D eigenvalue weighted by atomic mass is 16.6. The Labute approximate surface area is 197 Å². The van der Waals surface area contributed by atoms with Crippen molar-refractivity contribution in [3.05, 3.63) is 12.7 Å². The molecule has 2 unspecified atom stereocenters. The lowest BCUT2D eigenvalue weighted by Gasteiger charge is -2.38. The summed E-state index contributed by atoms with van der Waals surface area (Å²) >= 11 is 0. The lowest BCUT2D eigenvalue weighted by molar-refractivity contribution is -0.163. The average molecular weight is 465 g/mol. The minimum atomic E-state index is -1.09. The molecular weight excluding hydrogens is 424 g/mol. The Morgan fingerprint density at radius 2 is 2.06 bits per heavy atom. The molecule has 0 aliphatic carbocycles. The summed E-state index contributed by atoms with van der Waals surface area (Å²) in [4.78, 5) is 44.2. The highest BCUT2D eigenvalue weighted by Crippen LogP contribution is 2.64. The van der Waals surface area contributed by atoms with Crippen molar-refractivity contribution in [1.82, 2.24) is 9.80 Å². The van der Waals surface area contributed by atoms with Crippen molar-refractivity contribution >= 4 is 17.8 Å². The van der Waals surface area contributed by atoms with Crippen LogP contribution in [0.2, 0.25) is 0 Å². The molecule has 33 heavy (non-hydrogen) atoms. The quantitative estimate of drug-likeness (QED) is 0.270. The summed E-state index contributed by atoms with van der Waals surface area (Å²) in [7, 11) is 0. The van der Waals surface area contributed by atoms with Crippen molar-refractivity contribution < 1.29 is 29.0 Å². The van der Waals surface area contributed by atoms with Crippen LogP contribution in [-0.2, 0) is 23.9 Å². The molecule has 3 fully saturated rings. The number of hydrogen-bond acceptors (Lipinski definition) is 6. The van der Waals surface area contributed by atoms with Gasteiger partial charge in [-0.05, 0) is 39.5 Å². The SMILES string of the molecule is C=CCN(CCCCC)C(=O)C1N([C@H](C)CO)C(=O)[C@@H]2[C@H](C(=O)OCC)[C@]3(CC)CCC12O3. The Balaban J connectivity index is 2.06. The Morgan fingerprint density at radius 3 is 2.64 bits per heavy atom. The molecule has 0 aromatic carbocycles. The Morgan fingerprint density at radius 1 is 1.33 bits per heavy atom. The van der Waals surface area contributed by atoms with Crippen LogP contribution in [0.5, 0.6) is 0 Å². The van der Waals surface area contributed by atoms with E-state index in [0.29, 0.717) is 32.4 Å². The minimum absolute atomic E-state index is 0.196. The summed E-state index contributed by atoms with van der Waals surface area (Å²) in [6.07, 6.45) is 6.25. The summed E-state index contributed by atoms with van der Waals surface area (Å²) in [5.74, 6) is -2.46. The predicted octanol–water partition coefficient (Wildman–Crippen LogP) is 2.29. The first-order valence-corrected chi connectivity index (χ1v) is 12.5. The van der Waals surface area contributed by atoms with Crippen molar-refractivity contribution in [2.75, 3.05) is 26.3 Å². The second-order valence-corrected chi connectivity index (χ2v) is 9.64. The summed E-state index contributed by atoms with van der Waals surface area (Å²) < 4.78 is 12.0. The van der Waals surface area contributed by atoms with E-state index < -0.39 is 41.1 Å². The zero-order chi connectivity index (χ0) is 24.4. The molecule has 3 aliphatic rings. The van der Waals surface area contributed by atoms with Crippen LogP contribution in [0.15, 0.2) is 12.7 Å². The van der Waals surface area contributed by atoms with E-state index in [9.17, 15) is 19.5 Å². The number of aliphatic hydroxyl groups is 1. The fourth-order valence-electron chi connectivity index (χ4n) is 6.26. The molecule has 3 aliphatic heterocycles. The zero-order valence-corrected chi connectivity index (χ0v) is 20.5. The van der Waals surface area contributed by atoms with Crippen LogP contribution in [0.1, 0.15) is 66.2 Å². The molecule has 3 saturated heterocycles. The molecule has 2 bridgehead atoms. The lowest BCUT2D eigenvalue weighted by Crippen LogP contribution is -2.58. The van der Waals surface area contributed by atoms with Crippen LogP contribution in [0.3, 0.4) is 0 Å². The fraction of sp³-hybridized carbons (Fsp3) is 0.800. The molecule has 6 atom stereocenters. The van der Waals surface area contributed by atoms with Crippen LogP contribution < -0.4 is 0 Å². The molecule has 2 amide bonds. The maximum atomic E-state index is 14.0. The normalized spacial score (nSPS) is 33.2. The van der Waals surface area contributed by atoms with Crippen molar-refractivity contribution in [3.63, 3.8) is 0 Å². The van der Waals surface area contributed by atoms with Gasteiger partial charge in [0.25, 0.3) is 0 Å². The van der Waals surface area contributed by atoms with E-state index in [1.165, 1.54) is 4.90 Å². The van der Waals surface area contributed by atoms with Gasteiger partial charge in [0.2, 0.25) is 11.8 Å². The van der Waals surface area contributed by atoms with Gasteiger partial charge in [-0.15, -0.1) is 6.58 Å². The smallest absolute Gasteiger partial charge is 0.312 e. The van der Waals surface area contributed by atoms with Crippen LogP contribution in [0.25, 0.3) is 0 Å². The summed E-state index contributed by atoms with van der Waals surface area (Å²) in [6, 6.07) is -1.46. The van der Waals surface area contributed by atoms with Crippen molar-refractivity contribution in [2.24, 2.45) is 11.8 Å². The van der Waals surface area contributed by atoms with E-state index in [1.807, 2.05) is 6.92 Å². The van der Waals surface area contributed by atoms with E-state index in [0.717, 1.165) is 19.3 Å². The number of rotatable bonds is 12. The summed E-state index contributed by atoms with van der Waals surface area (Å²) in [5.41, 5.74) is -1.89. The van der Waals surface area contributed by atoms with Crippen LogP contribution in [0.4, 0.5) is 0 Å². The van der Waals surface area contributed by atoms with E-state index in [4.69, 9.17) is 9.47 Å². The summed E-state index contributed by atoms with van der Waals surface area (Å²) in [5, 5.41) is 9.95. The van der Waals surface area contributed by atoms with Crippen LogP contribution in [0, 0.1) is 11.8 Å². The third kappa shape index (κ3) is 3.99. The van der Waals surface area contributed by atoms with E-state index in [1.54, 1.807) is 24.8 Å². The van der Waals surface area contributed by atoms with Crippen LogP contribution in [-0.4, -0.2) is 82.3 Å². The second kappa shape index (κ2) is 10.1. The van der Waals surface area contributed by atoms with Crippen molar-refractivity contribution in [3.8, 4) is 0 Å². The fourth-order valence-corrected chi connectivity index (χ4v) is 6.26. The average Bonchev–Trinajstić information content (AvgIpc) is 3.41. The maximum absolute atomic E-state index is 14.0. The minimum Gasteiger partial charge on any atom is -0.466 e. The first-order valence-electron chi connectivity index (χ1n) is 12.5. The Hall–Kier alpha value is -1.93. The van der Waals surface area contributed by atoms with Gasteiger partial charge in [0.1, 0.15) is 17.6 Å². The van der Waals surface area contributed by atoms with Gasteiger partial charge in [-0.25, -0.2) is 0 Å². The standard InChI is InChI=1S/C25H40N2O6/c1-6-10-11-15-26(14-7-2)22(30)20-25-13-12-24(8-3,33-25)19(23(31)32-9-4)18(25)21(29)27(20)17(5)16-28/h7,17-20,28H,2,6,8-16H2,1,3-5H3/t17-,18+,19-,20?,24+,25?/m1/s1. The van der Waals surface area contributed by atoms with Gasteiger partial charge in [0, 0.05) is 13.1 Å². The molecule has 8 nitrogen and oxygen atoms in total. The number of aliphatic hydroxyl groups excluding tert-OH is 1. The van der Waals surface area contributed by atoms with Gasteiger partial charge in [-0.2, -0.15) is 0 Å². The molecule has 1 N–H and O–H groups in total. The zero-order valence-electron chi connectivity index (χ0n) is 20.5. The number of hydrogen-bond donors (Lipinski definition) is 1. The molecule has 186 valence electrons. The molecule has 0 saturated carbocycles. The third-order valence-electron chi connectivity index (χ3n) is 7.83. The van der Waals surface area contributed by atoms with Crippen molar-refractivity contribution in [1.29, 1.82) is 0 Å². The van der Waals surface area contributed by atoms with E-state index in [2.05, 4.69) is 13.5 Å². The maximum Gasteiger partial charge on any atom is 0.312 e. The number of amides is 2. The van der Waals surface area contributed by atoms with E-state index in [-0.39, 0.29) is 25.0 Å². The van der Waals surface area contributed by atoms with Crippen molar-refractivity contribution in [2.45, 2.75) is 89.5 Å². The molecule has 8 heteroatoms. The van der Waals surface area contributed by atoms with Gasteiger partial charge >= 0.3 is 5.97 Å². The van der Waals surface area contributed by atoms with Gasteiger partial charge < -0.3 is 24.4 Å². The molecule has 0 aromatic heterocycles. The Bertz CT molecular complexity index is 772. The first kappa shape index (κ1) is 25.7. The number of fused-ring (bicyclic) bond motifs is 1. The molecule has 0 radical (unpaired) electrons. The van der Waals surface area contributed by atoms with Crippen LogP contribution >= 0.6 is 0 Å². The van der Waals surface area contributed by atoms with Gasteiger partial charge in [-0.3, -0.25) is 14.4 Å². The third-order valence-corrected chi connectivity index (χ3v) is 7.83. The monoisotopic (exact) mass is 464 g/mol. The number of ether oxygens (including phenoxy) is 2.